The van der Waals surface area contributed by atoms with Gasteiger partial charge in [0.1, 0.15) is 0 Å². The summed E-state index contributed by atoms with van der Waals surface area (Å²) in [6, 6.07) is 11.8. The van der Waals surface area contributed by atoms with Crippen molar-refractivity contribution >= 4 is 63.1 Å². The molecule has 1 aliphatic rings. The Morgan fingerprint density at radius 1 is 1.13 bits per heavy atom. The molecule has 0 aliphatic carbocycles. The highest BCUT2D eigenvalue weighted by Gasteiger charge is 2.34. The highest BCUT2D eigenvalue weighted by Crippen LogP contribution is 2.35. The molecule has 1 aliphatic heterocycles. The van der Waals surface area contributed by atoms with E-state index in [0.717, 1.165) is 40.2 Å². The number of amides is 2. The zero-order valence-electron chi connectivity index (χ0n) is 16.9. The molecule has 3 aromatic rings. The van der Waals surface area contributed by atoms with Crippen LogP contribution < -0.4 is 0 Å². The van der Waals surface area contributed by atoms with E-state index in [0.29, 0.717) is 21.5 Å². The molecular formula is C24H20Cl2N2O2S. The van der Waals surface area contributed by atoms with Crippen LogP contribution in [0.2, 0.25) is 10.0 Å². The molecule has 158 valence electrons. The van der Waals surface area contributed by atoms with E-state index in [4.69, 9.17) is 23.2 Å². The van der Waals surface area contributed by atoms with Gasteiger partial charge in [0, 0.05) is 30.2 Å². The van der Waals surface area contributed by atoms with Crippen LogP contribution in [0.3, 0.4) is 0 Å². The van der Waals surface area contributed by atoms with E-state index in [1.807, 2.05) is 30.5 Å². The number of aryl methyl sites for hydroxylation is 1. The molecule has 0 atom stereocenters. The van der Waals surface area contributed by atoms with Gasteiger partial charge in [-0.2, -0.15) is 0 Å². The van der Waals surface area contributed by atoms with Gasteiger partial charge >= 0.3 is 0 Å². The second-order valence-corrected chi connectivity index (χ2v) is 9.02. The van der Waals surface area contributed by atoms with Crippen molar-refractivity contribution in [2.75, 3.05) is 6.54 Å². The zero-order valence-corrected chi connectivity index (χ0v) is 19.2. The number of carbonyl (C=O) groups excluding carboxylic acids is 2. The van der Waals surface area contributed by atoms with Crippen LogP contribution >= 0.6 is 35.0 Å². The summed E-state index contributed by atoms with van der Waals surface area (Å²) in [6.45, 7) is 6.55. The number of halogens is 2. The number of nitrogens with zero attached hydrogens (tertiary/aromatic N) is 2. The SMILES string of the molecule is C=CCN1C(=O)S/C(=C\c2cn(Cc3ccc(Cl)c(Cl)c3)c3c(CC)cccc23)C1=O. The van der Waals surface area contributed by atoms with E-state index < -0.39 is 0 Å². The normalized spacial score (nSPS) is 15.5. The van der Waals surface area contributed by atoms with Crippen LogP contribution in [0.15, 0.2) is 60.2 Å². The minimum atomic E-state index is -0.285. The predicted molar refractivity (Wildman–Crippen MR) is 130 cm³/mol. The minimum absolute atomic E-state index is 0.209. The second-order valence-electron chi connectivity index (χ2n) is 7.21. The number of carbonyl (C=O) groups is 2. The molecule has 0 N–H and O–H groups in total. The van der Waals surface area contributed by atoms with Gasteiger partial charge in [0.25, 0.3) is 11.1 Å². The molecule has 0 bridgehead atoms. The van der Waals surface area contributed by atoms with Gasteiger partial charge in [0.15, 0.2) is 0 Å². The number of imide groups is 1. The molecular weight excluding hydrogens is 451 g/mol. The Morgan fingerprint density at radius 2 is 1.94 bits per heavy atom. The Bertz CT molecular complexity index is 1250. The largest absolute Gasteiger partial charge is 0.342 e. The minimum Gasteiger partial charge on any atom is -0.342 e. The number of benzene rings is 2. The summed E-state index contributed by atoms with van der Waals surface area (Å²) in [7, 11) is 0. The average Bonchev–Trinajstić information content (AvgIpc) is 3.23. The fourth-order valence-corrected chi connectivity index (χ4v) is 4.91. The van der Waals surface area contributed by atoms with Gasteiger partial charge in [-0.25, -0.2) is 0 Å². The lowest BCUT2D eigenvalue weighted by atomic mass is 10.1. The lowest BCUT2D eigenvalue weighted by Gasteiger charge is -2.09. The Labute approximate surface area is 195 Å². The van der Waals surface area contributed by atoms with Crippen LogP contribution in [-0.4, -0.2) is 27.2 Å². The van der Waals surface area contributed by atoms with Crippen LogP contribution in [0.25, 0.3) is 17.0 Å². The fraction of sp³-hybridized carbons (Fsp3) is 0.167. The van der Waals surface area contributed by atoms with Gasteiger partial charge in [-0.05, 0) is 47.5 Å². The summed E-state index contributed by atoms with van der Waals surface area (Å²) in [5, 5.41) is 1.80. The van der Waals surface area contributed by atoms with Crippen molar-refractivity contribution in [3.05, 3.63) is 86.9 Å². The quantitative estimate of drug-likeness (QED) is 0.294. The Kier molecular flexibility index (Phi) is 6.28. The third kappa shape index (κ3) is 4.18. The summed E-state index contributed by atoms with van der Waals surface area (Å²) in [4.78, 5) is 26.5. The van der Waals surface area contributed by atoms with Gasteiger partial charge in [-0.1, -0.05) is 60.5 Å². The molecule has 4 nitrogen and oxygen atoms in total. The highest BCUT2D eigenvalue weighted by atomic mass is 35.5. The third-order valence-electron chi connectivity index (χ3n) is 5.20. The van der Waals surface area contributed by atoms with Gasteiger partial charge in [0.2, 0.25) is 0 Å². The van der Waals surface area contributed by atoms with Crippen LogP contribution in [-0.2, 0) is 17.8 Å². The first-order valence-electron chi connectivity index (χ1n) is 9.83. The van der Waals surface area contributed by atoms with Gasteiger partial charge < -0.3 is 4.57 Å². The smallest absolute Gasteiger partial charge is 0.293 e. The molecule has 0 saturated carbocycles. The maximum atomic E-state index is 12.7. The zero-order chi connectivity index (χ0) is 22.1. The summed E-state index contributed by atoms with van der Waals surface area (Å²) < 4.78 is 2.16. The molecule has 0 spiro atoms. The topological polar surface area (TPSA) is 42.3 Å². The van der Waals surface area contributed by atoms with Gasteiger partial charge in [-0.15, -0.1) is 6.58 Å². The Morgan fingerprint density at radius 3 is 2.65 bits per heavy atom. The van der Waals surface area contributed by atoms with Crippen LogP contribution in [0, 0.1) is 0 Å². The fourth-order valence-electron chi connectivity index (χ4n) is 3.75. The van der Waals surface area contributed by atoms with Crippen molar-refractivity contribution < 1.29 is 9.59 Å². The second kappa shape index (κ2) is 8.95. The molecule has 1 fully saturated rings. The lowest BCUT2D eigenvalue weighted by molar-refractivity contribution is -0.122. The van der Waals surface area contributed by atoms with Crippen LogP contribution in [0.1, 0.15) is 23.6 Å². The average molecular weight is 471 g/mol. The first-order chi connectivity index (χ1) is 14.9. The van der Waals surface area contributed by atoms with Crippen LogP contribution in [0.5, 0.6) is 0 Å². The number of fused-ring (bicyclic) bond motifs is 1. The molecule has 31 heavy (non-hydrogen) atoms. The standard InChI is InChI=1S/C24H20Cl2N2O2S/c1-3-10-28-23(29)21(31-24(28)30)12-17-14-27(13-15-8-9-19(25)20(26)11-15)22-16(4-2)6-5-7-18(17)22/h3,5-9,11-12,14H,1,4,10,13H2,2H3/b21-12-. The van der Waals surface area contributed by atoms with Crippen LogP contribution in [0.4, 0.5) is 4.79 Å². The summed E-state index contributed by atoms with van der Waals surface area (Å²) >= 11 is 13.2. The molecule has 0 radical (unpaired) electrons. The molecule has 7 heteroatoms. The van der Waals surface area contributed by atoms with Crippen molar-refractivity contribution in [3.63, 3.8) is 0 Å². The van der Waals surface area contributed by atoms with E-state index in [9.17, 15) is 9.59 Å². The van der Waals surface area contributed by atoms with Crippen molar-refractivity contribution in [1.82, 2.24) is 9.47 Å². The number of para-hydroxylation sites is 1. The summed E-state index contributed by atoms with van der Waals surface area (Å²) in [5.41, 5.74) is 4.23. The van der Waals surface area contributed by atoms with Crippen molar-refractivity contribution in [2.24, 2.45) is 0 Å². The Hall–Kier alpha value is -2.47. The number of rotatable bonds is 6. The van der Waals surface area contributed by atoms with Crippen molar-refractivity contribution in [3.8, 4) is 0 Å². The molecule has 2 aromatic carbocycles. The molecule has 0 unspecified atom stereocenters. The summed E-state index contributed by atoms with van der Waals surface area (Å²) in [6.07, 6.45) is 6.25. The number of aromatic nitrogens is 1. The molecule has 4 rings (SSSR count). The summed E-state index contributed by atoms with van der Waals surface area (Å²) in [5.74, 6) is -0.285. The maximum absolute atomic E-state index is 12.7. The van der Waals surface area contributed by atoms with Gasteiger partial charge in [0.05, 0.1) is 20.5 Å². The Balaban J connectivity index is 1.80. The van der Waals surface area contributed by atoms with Crippen molar-refractivity contribution in [1.29, 1.82) is 0 Å². The van der Waals surface area contributed by atoms with Gasteiger partial charge in [-0.3, -0.25) is 14.5 Å². The first kappa shape index (κ1) is 21.8. The van der Waals surface area contributed by atoms with E-state index in [2.05, 4.69) is 24.1 Å². The lowest BCUT2D eigenvalue weighted by Crippen LogP contribution is -2.27. The van der Waals surface area contributed by atoms with E-state index in [-0.39, 0.29) is 17.7 Å². The van der Waals surface area contributed by atoms with Crippen molar-refractivity contribution in [2.45, 2.75) is 19.9 Å². The number of thioether (sulfide) groups is 1. The molecule has 2 heterocycles. The monoisotopic (exact) mass is 470 g/mol. The number of hydrogen-bond acceptors (Lipinski definition) is 3. The third-order valence-corrected chi connectivity index (χ3v) is 6.85. The van der Waals surface area contributed by atoms with E-state index >= 15 is 0 Å². The highest BCUT2D eigenvalue weighted by molar-refractivity contribution is 8.18. The van der Waals surface area contributed by atoms with E-state index in [1.54, 1.807) is 18.2 Å². The number of hydrogen-bond donors (Lipinski definition) is 0. The van der Waals surface area contributed by atoms with E-state index in [1.165, 1.54) is 10.5 Å². The predicted octanol–water partition coefficient (Wildman–Crippen LogP) is 6.78. The first-order valence-corrected chi connectivity index (χ1v) is 11.4. The maximum Gasteiger partial charge on any atom is 0.293 e. The molecule has 2 amide bonds. The molecule has 1 saturated heterocycles. The molecule has 1 aromatic heterocycles.